The molecule has 0 heterocycles. The third-order valence-corrected chi connectivity index (χ3v) is 4.30. The lowest BCUT2D eigenvalue weighted by Gasteiger charge is -2.13. The number of hydrogen-bond donors (Lipinski definition) is 2. The van der Waals surface area contributed by atoms with Crippen molar-refractivity contribution in [1.82, 2.24) is 4.72 Å². The summed E-state index contributed by atoms with van der Waals surface area (Å²) in [6.07, 6.45) is 0. The first-order chi connectivity index (χ1) is 8.90. The average Bonchev–Trinajstić information content (AvgIpc) is 2.37. The maximum absolute atomic E-state index is 12.1. The van der Waals surface area contributed by atoms with Crippen LogP contribution in [0.5, 0.6) is 0 Å². The Balaban J connectivity index is 2.83. The average molecular weight is 287 g/mol. The van der Waals surface area contributed by atoms with E-state index in [-0.39, 0.29) is 17.4 Å². The largest absolute Gasteiger partial charge is 0.392 e. The van der Waals surface area contributed by atoms with Gasteiger partial charge in [0, 0.05) is 20.3 Å². The minimum Gasteiger partial charge on any atom is -0.392 e. The third kappa shape index (κ3) is 4.58. The van der Waals surface area contributed by atoms with Crippen LogP contribution in [0.4, 0.5) is 0 Å². The first-order valence-electron chi connectivity index (χ1n) is 6.09. The summed E-state index contributed by atoms with van der Waals surface area (Å²) in [5.41, 5.74) is 1.49. The minimum absolute atomic E-state index is 0.0996. The number of aliphatic hydroxyl groups is 1. The SMILES string of the molecule is COCC(C)CNS(=O)(=O)c1ccc(C)c(CO)c1. The van der Waals surface area contributed by atoms with Gasteiger partial charge >= 0.3 is 0 Å². The maximum atomic E-state index is 12.1. The van der Waals surface area contributed by atoms with Crippen LogP contribution in [0.2, 0.25) is 0 Å². The van der Waals surface area contributed by atoms with Crippen LogP contribution in [0, 0.1) is 12.8 Å². The summed E-state index contributed by atoms with van der Waals surface area (Å²) in [7, 11) is -1.96. The highest BCUT2D eigenvalue weighted by Crippen LogP contribution is 2.15. The van der Waals surface area contributed by atoms with Crippen molar-refractivity contribution in [3.05, 3.63) is 29.3 Å². The predicted octanol–water partition coefficient (Wildman–Crippen LogP) is 1.05. The highest BCUT2D eigenvalue weighted by atomic mass is 32.2. The molecule has 1 rings (SSSR count). The molecule has 0 bridgehead atoms. The van der Waals surface area contributed by atoms with E-state index in [0.717, 1.165) is 5.56 Å². The molecule has 0 aliphatic carbocycles. The van der Waals surface area contributed by atoms with Crippen LogP contribution in [0.25, 0.3) is 0 Å². The number of nitrogens with one attached hydrogen (secondary N) is 1. The van der Waals surface area contributed by atoms with Gasteiger partial charge in [-0.15, -0.1) is 0 Å². The zero-order chi connectivity index (χ0) is 14.5. The van der Waals surface area contributed by atoms with Crippen LogP contribution in [0.15, 0.2) is 23.1 Å². The molecule has 2 N–H and O–H groups in total. The number of aryl methyl sites for hydroxylation is 1. The molecule has 1 aromatic rings. The number of ether oxygens (including phenoxy) is 1. The Morgan fingerprint density at radius 3 is 2.68 bits per heavy atom. The normalized spacial score (nSPS) is 13.5. The van der Waals surface area contributed by atoms with Crippen molar-refractivity contribution >= 4 is 10.0 Å². The summed E-state index contributed by atoms with van der Waals surface area (Å²) < 4.78 is 31.7. The van der Waals surface area contributed by atoms with Crippen molar-refractivity contribution in [2.45, 2.75) is 25.3 Å². The van der Waals surface area contributed by atoms with Crippen molar-refractivity contribution in [2.24, 2.45) is 5.92 Å². The molecule has 1 atom stereocenters. The lowest BCUT2D eigenvalue weighted by Crippen LogP contribution is -2.30. The second kappa shape index (κ2) is 7.00. The van der Waals surface area contributed by atoms with Gasteiger partial charge in [-0.2, -0.15) is 0 Å². The van der Waals surface area contributed by atoms with Gasteiger partial charge in [0.15, 0.2) is 0 Å². The molecule has 5 nitrogen and oxygen atoms in total. The summed E-state index contributed by atoms with van der Waals surface area (Å²) in [5, 5.41) is 9.16. The number of rotatable bonds is 7. The lowest BCUT2D eigenvalue weighted by atomic mass is 10.1. The number of hydrogen-bond acceptors (Lipinski definition) is 4. The molecule has 0 fully saturated rings. The third-order valence-electron chi connectivity index (χ3n) is 2.87. The smallest absolute Gasteiger partial charge is 0.240 e. The Labute approximate surface area is 114 Å². The molecule has 0 radical (unpaired) electrons. The van der Waals surface area contributed by atoms with Crippen LogP contribution in [-0.2, 0) is 21.4 Å². The van der Waals surface area contributed by atoms with Crippen LogP contribution in [0.3, 0.4) is 0 Å². The summed E-state index contributed by atoms with van der Waals surface area (Å²) in [4.78, 5) is 0.173. The van der Waals surface area contributed by atoms with Gasteiger partial charge in [-0.05, 0) is 36.1 Å². The van der Waals surface area contributed by atoms with Gasteiger partial charge in [0.05, 0.1) is 11.5 Å². The molecule has 0 saturated carbocycles. The van der Waals surface area contributed by atoms with Crippen LogP contribution >= 0.6 is 0 Å². The van der Waals surface area contributed by atoms with Gasteiger partial charge in [0.2, 0.25) is 10.0 Å². The van der Waals surface area contributed by atoms with Crippen LogP contribution in [-0.4, -0.2) is 33.8 Å². The van der Waals surface area contributed by atoms with E-state index in [9.17, 15) is 8.42 Å². The van der Waals surface area contributed by atoms with E-state index in [1.54, 1.807) is 13.2 Å². The Morgan fingerprint density at radius 1 is 1.42 bits per heavy atom. The molecule has 0 amide bonds. The minimum atomic E-state index is -3.54. The first kappa shape index (κ1) is 16.1. The van der Waals surface area contributed by atoms with Gasteiger partial charge < -0.3 is 9.84 Å². The van der Waals surface area contributed by atoms with Gasteiger partial charge in [0.25, 0.3) is 0 Å². The van der Waals surface area contributed by atoms with Crippen molar-refractivity contribution in [1.29, 1.82) is 0 Å². The van der Waals surface area contributed by atoms with E-state index in [1.165, 1.54) is 12.1 Å². The second-order valence-corrected chi connectivity index (χ2v) is 6.43. The first-order valence-corrected chi connectivity index (χ1v) is 7.58. The summed E-state index contributed by atoms with van der Waals surface area (Å²) in [6.45, 7) is 4.38. The van der Waals surface area contributed by atoms with E-state index < -0.39 is 10.0 Å². The molecular weight excluding hydrogens is 266 g/mol. The van der Waals surface area contributed by atoms with E-state index in [1.807, 2.05) is 13.8 Å². The molecule has 1 aromatic carbocycles. The van der Waals surface area contributed by atoms with E-state index in [4.69, 9.17) is 9.84 Å². The van der Waals surface area contributed by atoms with Crippen LogP contribution in [0.1, 0.15) is 18.1 Å². The van der Waals surface area contributed by atoms with E-state index in [0.29, 0.717) is 18.7 Å². The Kier molecular flexibility index (Phi) is 5.93. The predicted molar refractivity (Wildman–Crippen MR) is 73.3 cm³/mol. The fourth-order valence-corrected chi connectivity index (χ4v) is 2.88. The van der Waals surface area contributed by atoms with Gasteiger partial charge in [-0.25, -0.2) is 13.1 Å². The van der Waals surface area contributed by atoms with Crippen molar-refractivity contribution < 1.29 is 18.3 Å². The number of aliphatic hydroxyl groups excluding tert-OH is 1. The monoisotopic (exact) mass is 287 g/mol. The Morgan fingerprint density at radius 2 is 2.11 bits per heavy atom. The van der Waals surface area contributed by atoms with Gasteiger partial charge in [0.1, 0.15) is 0 Å². The van der Waals surface area contributed by atoms with E-state index >= 15 is 0 Å². The highest BCUT2D eigenvalue weighted by molar-refractivity contribution is 7.89. The number of sulfonamides is 1. The lowest BCUT2D eigenvalue weighted by molar-refractivity contribution is 0.161. The second-order valence-electron chi connectivity index (χ2n) is 4.66. The molecule has 0 saturated heterocycles. The quantitative estimate of drug-likeness (QED) is 0.786. The summed E-state index contributed by atoms with van der Waals surface area (Å²) in [6, 6.07) is 4.73. The molecule has 19 heavy (non-hydrogen) atoms. The molecule has 1 unspecified atom stereocenters. The summed E-state index contributed by atoms with van der Waals surface area (Å²) in [5.74, 6) is 0.0996. The summed E-state index contributed by atoms with van der Waals surface area (Å²) >= 11 is 0. The Bertz CT molecular complexity index is 513. The maximum Gasteiger partial charge on any atom is 0.240 e. The molecule has 108 valence electrons. The number of methoxy groups -OCH3 is 1. The van der Waals surface area contributed by atoms with Crippen molar-refractivity contribution in [2.75, 3.05) is 20.3 Å². The molecule has 0 aromatic heterocycles. The fourth-order valence-electron chi connectivity index (χ4n) is 1.66. The standard InChI is InChI=1S/C13H21NO4S/c1-10(9-18-3)7-14-19(16,17)13-5-4-11(2)12(6-13)8-15/h4-6,10,14-15H,7-9H2,1-3H3. The molecule has 6 heteroatoms. The van der Waals surface area contributed by atoms with Gasteiger partial charge in [-0.1, -0.05) is 13.0 Å². The number of benzene rings is 1. The molecule has 0 spiro atoms. The highest BCUT2D eigenvalue weighted by Gasteiger charge is 2.16. The zero-order valence-electron chi connectivity index (χ0n) is 11.5. The molecule has 0 aliphatic heterocycles. The van der Waals surface area contributed by atoms with E-state index in [2.05, 4.69) is 4.72 Å². The van der Waals surface area contributed by atoms with Gasteiger partial charge in [-0.3, -0.25) is 0 Å². The van der Waals surface area contributed by atoms with Crippen molar-refractivity contribution in [3.63, 3.8) is 0 Å². The Hall–Kier alpha value is -0.950. The molecular formula is C13H21NO4S. The van der Waals surface area contributed by atoms with Crippen molar-refractivity contribution in [3.8, 4) is 0 Å². The topological polar surface area (TPSA) is 75.6 Å². The molecule has 0 aliphatic rings. The fraction of sp³-hybridized carbons (Fsp3) is 0.538. The zero-order valence-corrected chi connectivity index (χ0v) is 12.3. The van der Waals surface area contributed by atoms with Crippen LogP contribution < -0.4 is 4.72 Å².